The Morgan fingerprint density at radius 3 is 1.97 bits per heavy atom. The molecular formula is C53H45N4OPtSi-. The van der Waals surface area contributed by atoms with Crippen molar-refractivity contribution in [3.63, 3.8) is 0 Å². The number of rotatable bonds is 9. The van der Waals surface area contributed by atoms with Crippen LogP contribution in [-0.2, 0) is 21.1 Å². The Bertz CT molecular complexity index is 2930. The SMILES string of the molecule is CC(C)c1ccccc1-c1ccnc(-n2c3[c-]c([Si](c4[c-]c(N5[OH+]N(C(C)C)c6ccccc65)ccc4)(c4ccccc4)c4ccccc4)ccc3c3ccccc32)c1.[Pt]. The molecule has 7 heteroatoms. The maximum Gasteiger partial charge on any atom is 0.145 e. The molecule has 3 heterocycles. The molecule has 0 fully saturated rings. The zero-order valence-corrected chi connectivity index (χ0v) is 37.3. The average Bonchev–Trinajstić information content (AvgIpc) is 3.84. The molecule has 0 aliphatic carbocycles. The summed E-state index contributed by atoms with van der Waals surface area (Å²) in [5.74, 6) is 1.25. The molecule has 0 saturated heterocycles. The summed E-state index contributed by atoms with van der Waals surface area (Å²) in [5, 5.41) is 11.2. The van der Waals surface area contributed by atoms with Gasteiger partial charge in [-0.3, -0.25) is 0 Å². The zero-order chi connectivity index (χ0) is 40.1. The van der Waals surface area contributed by atoms with Crippen molar-refractivity contribution in [1.29, 1.82) is 0 Å². The Kier molecular flexibility index (Phi) is 10.6. The minimum Gasteiger partial charge on any atom is -0.319 e. The molecule has 0 unspecified atom stereocenters. The molecule has 2 aromatic heterocycles. The molecule has 1 aliphatic heterocycles. The molecule has 10 rings (SSSR count). The van der Waals surface area contributed by atoms with E-state index in [1.807, 2.05) is 6.20 Å². The molecule has 0 atom stereocenters. The molecule has 1 aliphatic rings. The summed E-state index contributed by atoms with van der Waals surface area (Å²) in [5.41, 5.74) is 8.84. The van der Waals surface area contributed by atoms with Gasteiger partial charge in [0.05, 0.1) is 6.04 Å². The van der Waals surface area contributed by atoms with Crippen LogP contribution in [0.25, 0.3) is 38.8 Å². The van der Waals surface area contributed by atoms with Crippen molar-refractivity contribution < 1.29 is 26.0 Å². The van der Waals surface area contributed by atoms with Crippen LogP contribution in [0.3, 0.4) is 0 Å². The van der Waals surface area contributed by atoms with Crippen molar-refractivity contribution in [2.24, 2.45) is 0 Å². The predicted octanol–water partition coefficient (Wildman–Crippen LogP) is 10.2. The van der Waals surface area contributed by atoms with Crippen molar-refractivity contribution in [1.82, 2.24) is 9.55 Å². The maximum absolute atomic E-state index is 5.15. The normalized spacial score (nSPS) is 12.7. The van der Waals surface area contributed by atoms with E-state index in [0.29, 0.717) is 5.92 Å². The average molecular weight is 977 g/mol. The van der Waals surface area contributed by atoms with Gasteiger partial charge in [0.1, 0.15) is 25.3 Å². The Morgan fingerprint density at radius 1 is 0.583 bits per heavy atom. The second-order valence-electron chi connectivity index (χ2n) is 15.9. The predicted molar refractivity (Wildman–Crippen MR) is 247 cm³/mol. The third-order valence-electron chi connectivity index (χ3n) is 11.7. The zero-order valence-electron chi connectivity index (χ0n) is 34.0. The number of para-hydroxylation sites is 3. The molecular weight excluding hydrogens is 932 g/mol. The topological polar surface area (TPSA) is 37.1 Å². The van der Waals surface area contributed by atoms with Gasteiger partial charge >= 0.3 is 0 Å². The van der Waals surface area contributed by atoms with Crippen LogP contribution in [0.2, 0.25) is 0 Å². The molecule has 298 valence electrons. The summed E-state index contributed by atoms with van der Waals surface area (Å²) in [6.07, 6.45) is 1.95. The number of pyridine rings is 1. The second-order valence-corrected chi connectivity index (χ2v) is 19.6. The van der Waals surface area contributed by atoms with Gasteiger partial charge < -0.3 is 4.57 Å². The first-order chi connectivity index (χ1) is 28.9. The fourth-order valence-corrected chi connectivity index (χ4v) is 13.6. The van der Waals surface area contributed by atoms with Crippen LogP contribution in [-0.4, -0.2) is 28.6 Å². The fourth-order valence-electron chi connectivity index (χ4n) is 9.02. The van der Waals surface area contributed by atoms with Crippen molar-refractivity contribution in [3.05, 3.63) is 200 Å². The molecule has 7 aromatic carbocycles. The van der Waals surface area contributed by atoms with Gasteiger partial charge in [0, 0.05) is 38.5 Å². The van der Waals surface area contributed by atoms with Gasteiger partial charge in [0.2, 0.25) is 0 Å². The van der Waals surface area contributed by atoms with E-state index in [4.69, 9.17) is 9.92 Å². The number of hydrogen-bond acceptors (Lipinski definition) is 3. The molecule has 0 bridgehead atoms. The fraction of sp³-hybridized carbons (Fsp3) is 0.113. The third-order valence-corrected chi connectivity index (χ3v) is 16.3. The van der Waals surface area contributed by atoms with Gasteiger partial charge in [-0.1, -0.05) is 135 Å². The summed E-state index contributed by atoms with van der Waals surface area (Å²) in [6, 6.07) is 71.8. The van der Waals surface area contributed by atoms with Crippen molar-refractivity contribution >= 4 is 67.7 Å². The first-order valence-corrected chi connectivity index (χ1v) is 22.5. The number of hydrogen-bond donors (Lipinski definition) is 0. The molecule has 0 radical (unpaired) electrons. The van der Waals surface area contributed by atoms with Crippen LogP contribution in [0, 0.1) is 12.1 Å². The minimum absolute atomic E-state index is 0. The monoisotopic (exact) mass is 976 g/mol. The molecule has 0 saturated carbocycles. The minimum atomic E-state index is -3.11. The van der Waals surface area contributed by atoms with E-state index in [9.17, 15) is 0 Å². The number of aromatic nitrogens is 2. The van der Waals surface area contributed by atoms with Crippen LogP contribution in [0.15, 0.2) is 182 Å². The molecule has 5 nitrogen and oxygen atoms in total. The van der Waals surface area contributed by atoms with Crippen LogP contribution in [0.5, 0.6) is 0 Å². The summed E-state index contributed by atoms with van der Waals surface area (Å²) >= 11 is 0. The van der Waals surface area contributed by atoms with E-state index < -0.39 is 8.07 Å². The standard InChI is InChI=1S/C53H44N4OSi.Pt/c1-37(2)45-24-11-12-25-46(45)39-32-33-54-53(34-39)55-49-27-14-13-26-47(49)48-31-30-44(36-52(48)55)59(41-19-7-5-8-20-41,42-21-9-6-10-22-42)43-23-17-18-40(35-43)57-51-29-16-15-28-50(51)56(58-57)38(3)4;/h5-34,37-38H,1-4H3;/q-2;/p+1. The Balaban J connectivity index is 0.00000462. The van der Waals surface area contributed by atoms with Crippen LogP contribution >= 0.6 is 0 Å². The quantitative estimate of drug-likeness (QED) is 0.0626. The summed E-state index contributed by atoms with van der Waals surface area (Å²) < 4.78 is 2.31. The molecule has 0 amide bonds. The van der Waals surface area contributed by atoms with Gasteiger partial charge in [-0.2, -0.15) is 51.7 Å². The first kappa shape index (κ1) is 39.4. The van der Waals surface area contributed by atoms with E-state index >= 15 is 0 Å². The first-order valence-electron chi connectivity index (χ1n) is 20.5. The van der Waals surface area contributed by atoms with Gasteiger partial charge in [-0.25, -0.2) is 4.98 Å². The van der Waals surface area contributed by atoms with Crippen molar-refractivity contribution in [2.75, 3.05) is 10.1 Å². The van der Waals surface area contributed by atoms with Gasteiger partial charge in [0.15, 0.2) is 0 Å². The molecule has 0 spiro atoms. The second kappa shape index (κ2) is 16.2. The van der Waals surface area contributed by atoms with E-state index in [-0.39, 0.29) is 27.1 Å². The van der Waals surface area contributed by atoms with Crippen LogP contribution in [0.4, 0.5) is 17.1 Å². The smallest absolute Gasteiger partial charge is 0.145 e. The molecule has 9 aromatic rings. The Labute approximate surface area is 367 Å². The number of hydroxylamine groups is 1. The largest absolute Gasteiger partial charge is 0.319 e. The van der Waals surface area contributed by atoms with E-state index in [1.54, 1.807) is 0 Å². The van der Waals surface area contributed by atoms with E-state index in [2.05, 4.69) is 230 Å². The summed E-state index contributed by atoms with van der Waals surface area (Å²) in [6.45, 7) is 8.86. The maximum atomic E-state index is 5.15. The Hall–Kier alpha value is -6.04. The van der Waals surface area contributed by atoms with Crippen LogP contribution < -0.4 is 30.9 Å². The van der Waals surface area contributed by atoms with E-state index in [0.717, 1.165) is 55.2 Å². The number of nitrogens with zero attached hydrogens (tertiary/aromatic N) is 4. The number of fused-ring (bicyclic) bond motifs is 4. The van der Waals surface area contributed by atoms with Gasteiger partial charge in [-0.15, -0.1) is 21.6 Å². The van der Waals surface area contributed by atoms with E-state index in [1.165, 1.54) is 26.9 Å². The molecule has 60 heavy (non-hydrogen) atoms. The molecule has 1 N–H and O–H groups in total. The van der Waals surface area contributed by atoms with Gasteiger partial charge in [-0.05, 0) is 82.5 Å². The number of anilines is 3. The van der Waals surface area contributed by atoms with Crippen LogP contribution in [0.1, 0.15) is 39.2 Å². The third kappa shape index (κ3) is 6.51. The summed E-state index contributed by atoms with van der Waals surface area (Å²) in [4.78, 5) is 10.2. The number of benzene rings is 7. The van der Waals surface area contributed by atoms with Gasteiger partial charge in [0.25, 0.3) is 0 Å². The van der Waals surface area contributed by atoms with Crippen molar-refractivity contribution in [2.45, 2.75) is 39.7 Å². The van der Waals surface area contributed by atoms with Crippen molar-refractivity contribution in [3.8, 4) is 16.9 Å². The summed E-state index contributed by atoms with van der Waals surface area (Å²) in [7, 11) is -3.11. The Morgan fingerprint density at radius 2 is 1.23 bits per heavy atom.